The first-order chi connectivity index (χ1) is 13.7. The van der Waals surface area contributed by atoms with E-state index < -0.39 is 0 Å². The Hall–Kier alpha value is -1.60. The van der Waals surface area contributed by atoms with Gasteiger partial charge in [0.1, 0.15) is 0 Å². The molecule has 0 radical (unpaired) electrons. The molecular weight excluding hydrogens is 340 g/mol. The summed E-state index contributed by atoms with van der Waals surface area (Å²) in [6.07, 6.45) is 12.6. The van der Waals surface area contributed by atoms with Crippen molar-refractivity contribution in [2.45, 2.75) is 84.0 Å². The van der Waals surface area contributed by atoms with Crippen LogP contribution in [0.5, 0.6) is 0 Å². The molecule has 1 aliphatic rings. The summed E-state index contributed by atoms with van der Waals surface area (Å²) in [6.45, 7) is 4.81. The summed E-state index contributed by atoms with van der Waals surface area (Å²) in [4.78, 5) is 0. The van der Waals surface area contributed by atoms with Crippen LogP contribution in [0.4, 0.5) is 0 Å². The Morgan fingerprint density at radius 3 is 2.29 bits per heavy atom. The van der Waals surface area contributed by atoms with Gasteiger partial charge in [0.05, 0.1) is 0 Å². The van der Waals surface area contributed by atoms with E-state index in [9.17, 15) is 0 Å². The molecule has 1 fully saturated rings. The fraction of sp³-hybridized carbons (Fsp3) is 0.556. The fourth-order valence-corrected chi connectivity index (χ4v) is 4.87. The SMILES string of the molecule is CCCCC1CCC(c2ccc(-c3ccc(CCCO)cc3CC)cc2)CC1. The Kier molecular flexibility index (Phi) is 8.15. The van der Waals surface area contributed by atoms with Crippen molar-refractivity contribution < 1.29 is 5.11 Å². The maximum atomic E-state index is 9.07. The first kappa shape index (κ1) is 21.1. The van der Waals surface area contributed by atoms with Crippen LogP contribution in [-0.2, 0) is 12.8 Å². The normalized spacial score (nSPS) is 19.7. The minimum Gasteiger partial charge on any atom is -0.396 e. The van der Waals surface area contributed by atoms with Crippen molar-refractivity contribution in [3.63, 3.8) is 0 Å². The number of hydrogen-bond donors (Lipinski definition) is 1. The van der Waals surface area contributed by atoms with Crippen molar-refractivity contribution in [2.24, 2.45) is 5.92 Å². The van der Waals surface area contributed by atoms with E-state index in [1.54, 1.807) is 0 Å². The van der Waals surface area contributed by atoms with Crippen molar-refractivity contribution in [2.75, 3.05) is 6.61 Å². The largest absolute Gasteiger partial charge is 0.396 e. The highest BCUT2D eigenvalue weighted by atomic mass is 16.2. The second-order valence-electron chi connectivity index (χ2n) is 8.65. The number of hydrogen-bond acceptors (Lipinski definition) is 1. The third-order valence-electron chi connectivity index (χ3n) is 6.68. The molecule has 152 valence electrons. The lowest BCUT2D eigenvalue weighted by Crippen LogP contribution is -2.13. The van der Waals surface area contributed by atoms with Crippen molar-refractivity contribution in [3.05, 3.63) is 59.2 Å². The van der Waals surface area contributed by atoms with Crippen LogP contribution in [0.1, 0.15) is 87.8 Å². The predicted molar refractivity (Wildman–Crippen MR) is 121 cm³/mol. The highest BCUT2D eigenvalue weighted by Crippen LogP contribution is 2.38. The molecule has 28 heavy (non-hydrogen) atoms. The Labute approximate surface area is 172 Å². The first-order valence-electron chi connectivity index (χ1n) is 11.6. The van der Waals surface area contributed by atoms with Gasteiger partial charge in [-0.15, -0.1) is 0 Å². The fourth-order valence-electron chi connectivity index (χ4n) is 4.87. The third kappa shape index (κ3) is 5.47. The number of aliphatic hydroxyl groups excluding tert-OH is 1. The van der Waals surface area contributed by atoms with Gasteiger partial charge in [0.25, 0.3) is 0 Å². The molecule has 0 unspecified atom stereocenters. The lowest BCUT2D eigenvalue weighted by atomic mass is 9.77. The number of aliphatic hydroxyl groups is 1. The third-order valence-corrected chi connectivity index (χ3v) is 6.68. The van der Waals surface area contributed by atoms with Crippen LogP contribution in [0, 0.1) is 5.92 Å². The Bertz CT molecular complexity index is 708. The van der Waals surface area contributed by atoms with E-state index >= 15 is 0 Å². The van der Waals surface area contributed by atoms with E-state index in [0.717, 1.165) is 31.1 Å². The second kappa shape index (κ2) is 10.8. The van der Waals surface area contributed by atoms with E-state index in [2.05, 4.69) is 56.3 Å². The maximum absolute atomic E-state index is 9.07. The smallest absolute Gasteiger partial charge is 0.0434 e. The van der Waals surface area contributed by atoms with Gasteiger partial charge in [0.15, 0.2) is 0 Å². The molecule has 1 aliphatic carbocycles. The van der Waals surface area contributed by atoms with Gasteiger partial charge in [-0.1, -0.05) is 75.6 Å². The topological polar surface area (TPSA) is 20.2 Å². The molecule has 0 aromatic heterocycles. The summed E-state index contributed by atoms with van der Waals surface area (Å²) in [5, 5.41) is 9.07. The Balaban J connectivity index is 1.66. The highest BCUT2D eigenvalue weighted by Gasteiger charge is 2.22. The van der Waals surface area contributed by atoms with Gasteiger partial charge in [-0.3, -0.25) is 0 Å². The van der Waals surface area contributed by atoms with Crippen LogP contribution in [0.15, 0.2) is 42.5 Å². The Morgan fingerprint density at radius 2 is 1.64 bits per heavy atom. The highest BCUT2D eigenvalue weighted by molar-refractivity contribution is 5.68. The molecule has 0 amide bonds. The lowest BCUT2D eigenvalue weighted by Gasteiger charge is -2.29. The van der Waals surface area contributed by atoms with Crippen LogP contribution in [-0.4, -0.2) is 11.7 Å². The minimum absolute atomic E-state index is 0.269. The van der Waals surface area contributed by atoms with Crippen LogP contribution in [0.2, 0.25) is 0 Å². The van der Waals surface area contributed by atoms with Gasteiger partial charge >= 0.3 is 0 Å². The van der Waals surface area contributed by atoms with E-state index in [4.69, 9.17) is 5.11 Å². The molecule has 0 atom stereocenters. The van der Waals surface area contributed by atoms with Gasteiger partial charge in [0, 0.05) is 6.61 Å². The van der Waals surface area contributed by atoms with E-state index in [-0.39, 0.29) is 6.61 Å². The number of aryl methyl sites for hydroxylation is 2. The first-order valence-corrected chi connectivity index (χ1v) is 11.6. The predicted octanol–water partition coefficient (Wildman–Crippen LogP) is 7.30. The summed E-state index contributed by atoms with van der Waals surface area (Å²) in [7, 11) is 0. The summed E-state index contributed by atoms with van der Waals surface area (Å²) >= 11 is 0. The molecular formula is C27H38O. The summed E-state index contributed by atoms with van der Waals surface area (Å²) in [6, 6.07) is 16.3. The van der Waals surface area contributed by atoms with E-state index in [0.29, 0.717) is 0 Å². The van der Waals surface area contributed by atoms with E-state index in [1.165, 1.54) is 72.8 Å². The van der Waals surface area contributed by atoms with E-state index in [1.807, 2.05) is 0 Å². The zero-order valence-corrected chi connectivity index (χ0v) is 17.9. The zero-order valence-electron chi connectivity index (χ0n) is 17.9. The molecule has 0 aliphatic heterocycles. The maximum Gasteiger partial charge on any atom is 0.0434 e. The number of benzene rings is 2. The zero-order chi connectivity index (χ0) is 19.8. The molecule has 1 N–H and O–H groups in total. The monoisotopic (exact) mass is 378 g/mol. The summed E-state index contributed by atoms with van der Waals surface area (Å²) in [5.74, 6) is 1.74. The van der Waals surface area contributed by atoms with Crippen LogP contribution < -0.4 is 0 Å². The molecule has 0 heterocycles. The Morgan fingerprint density at radius 1 is 0.893 bits per heavy atom. The molecule has 1 heteroatoms. The molecule has 3 rings (SSSR count). The second-order valence-corrected chi connectivity index (χ2v) is 8.65. The van der Waals surface area contributed by atoms with Crippen LogP contribution in [0.25, 0.3) is 11.1 Å². The minimum atomic E-state index is 0.269. The molecule has 1 nitrogen and oxygen atoms in total. The quantitative estimate of drug-likeness (QED) is 0.485. The molecule has 0 saturated heterocycles. The number of rotatable bonds is 9. The van der Waals surface area contributed by atoms with Crippen molar-refractivity contribution in [1.82, 2.24) is 0 Å². The molecule has 0 spiro atoms. The van der Waals surface area contributed by atoms with Crippen molar-refractivity contribution >= 4 is 0 Å². The number of unbranched alkanes of at least 4 members (excludes halogenated alkanes) is 1. The van der Waals surface area contributed by atoms with Crippen molar-refractivity contribution in [1.29, 1.82) is 0 Å². The van der Waals surface area contributed by atoms with Gasteiger partial charge < -0.3 is 5.11 Å². The standard InChI is InChI=1S/C27H38O/c1-3-5-7-21-9-12-24(13-10-21)25-14-16-26(17-15-25)27-18-11-22(8-6-19-28)20-23(27)4-2/h11,14-18,20-21,24,28H,3-10,12-13,19H2,1-2H3. The summed E-state index contributed by atoms with van der Waals surface area (Å²) in [5.41, 5.74) is 7.00. The van der Waals surface area contributed by atoms with Gasteiger partial charge in [0.2, 0.25) is 0 Å². The van der Waals surface area contributed by atoms with Crippen molar-refractivity contribution in [3.8, 4) is 11.1 Å². The van der Waals surface area contributed by atoms with Gasteiger partial charge in [-0.2, -0.15) is 0 Å². The molecule has 1 saturated carbocycles. The average Bonchev–Trinajstić information content (AvgIpc) is 2.76. The average molecular weight is 379 g/mol. The van der Waals surface area contributed by atoms with Gasteiger partial charge in [-0.05, 0) is 84.6 Å². The van der Waals surface area contributed by atoms with Crippen LogP contribution in [0.3, 0.4) is 0 Å². The lowest BCUT2D eigenvalue weighted by molar-refractivity contribution is 0.288. The van der Waals surface area contributed by atoms with Gasteiger partial charge in [-0.25, -0.2) is 0 Å². The molecule has 0 bridgehead atoms. The molecule has 2 aromatic rings. The molecule has 2 aromatic carbocycles. The summed E-state index contributed by atoms with van der Waals surface area (Å²) < 4.78 is 0. The van der Waals surface area contributed by atoms with Crippen LogP contribution >= 0.6 is 0 Å².